The number of halogens is 3. The Morgan fingerprint density at radius 3 is 2.73 bits per heavy atom. The standard InChI is InChI=1S/C22H21Cl2FN2O3/c1-14(27-20(28)12-29-17-8-9-18(24)19(25)11-17)3-10-21-26-13-22(2,30-21)15-4-6-16(23)7-5-15/h4-9,11H,1,3,10,12-13H2,2H3,(H,27,28). The average Bonchev–Trinajstić information content (AvgIpc) is 3.10. The Kier molecular flexibility index (Phi) is 7.00. The highest BCUT2D eigenvalue weighted by atomic mass is 35.5. The van der Waals surface area contributed by atoms with Gasteiger partial charge in [0.1, 0.15) is 11.6 Å². The number of rotatable bonds is 8. The molecule has 5 nitrogen and oxygen atoms in total. The zero-order valence-electron chi connectivity index (χ0n) is 16.4. The van der Waals surface area contributed by atoms with E-state index in [0.717, 1.165) is 11.6 Å². The van der Waals surface area contributed by atoms with Gasteiger partial charge in [-0.2, -0.15) is 0 Å². The Hall–Kier alpha value is -2.57. The van der Waals surface area contributed by atoms with E-state index in [-0.39, 0.29) is 17.4 Å². The number of allylic oxidation sites excluding steroid dienone is 1. The fourth-order valence-corrected chi connectivity index (χ4v) is 3.16. The van der Waals surface area contributed by atoms with Crippen LogP contribution in [0.2, 0.25) is 10.0 Å². The van der Waals surface area contributed by atoms with Crippen LogP contribution in [-0.4, -0.2) is 25.0 Å². The third-order valence-electron chi connectivity index (χ3n) is 4.57. The molecule has 0 aromatic heterocycles. The lowest BCUT2D eigenvalue weighted by atomic mass is 9.96. The summed E-state index contributed by atoms with van der Waals surface area (Å²) < 4.78 is 24.7. The van der Waals surface area contributed by atoms with Gasteiger partial charge >= 0.3 is 0 Å². The number of nitrogens with zero attached hydrogens (tertiary/aromatic N) is 1. The molecule has 0 bridgehead atoms. The lowest BCUT2D eigenvalue weighted by Crippen LogP contribution is -2.28. The summed E-state index contributed by atoms with van der Waals surface area (Å²) in [5.74, 6) is -0.179. The molecule has 0 saturated carbocycles. The predicted octanol–water partition coefficient (Wildman–Crippen LogP) is 5.27. The molecule has 0 spiro atoms. The topological polar surface area (TPSA) is 59.9 Å². The van der Waals surface area contributed by atoms with Crippen LogP contribution in [0.4, 0.5) is 4.39 Å². The molecule has 0 radical (unpaired) electrons. The van der Waals surface area contributed by atoms with E-state index in [0.29, 0.717) is 36.0 Å². The van der Waals surface area contributed by atoms with Gasteiger partial charge in [-0.1, -0.05) is 41.9 Å². The van der Waals surface area contributed by atoms with E-state index in [4.69, 9.17) is 32.7 Å². The van der Waals surface area contributed by atoms with Crippen LogP contribution in [0.3, 0.4) is 0 Å². The molecule has 30 heavy (non-hydrogen) atoms. The number of amides is 1. The van der Waals surface area contributed by atoms with Crippen LogP contribution in [0.25, 0.3) is 0 Å². The molecule has 3 rings (SSSR count). The van der Waals surface area contributed by atoms with Gasteiger partial charge in [-0.15, -0.1) is 0 Å². The fraction of sp³-hybridized carbons (Fsp3) is 0.273. The van der Waals surface area contributed by atoms with Gasteiger partial charge < -0.3 is 14.8 Å². The first kappa shape index (κ1) is 22.1. The molecule has 1 atom stereocenters. The minimum atomic E-state index is -0.609. The van der Waals surface area contributed by atoms with Gasteiger partial charge in [0.2, 0.25) is 0 Å². The Morgan fingerprint density at radius 1 is 1.30 bits per heavy atom. The van der Waals surface area contributed by atoms with Crippen molar-refractivity contribution < 1.29 is 18.7 Å². The van der Waals surface area contributed by atoms with Gasteiger partial charge in [0.25, 0.3) is 5.91 Å². The molecule has 1 N–H and O–H groups in total. The summed E-state index contributed by atoms with van der Waals surface area (Å²) >= 11 is 11.6. The minimum absolute atomic E-state index is 0.00983. The number of carbonyl (C=O) groups excluding carboxylic acids is 1. The Bertz CT molecular complexity index is 979. The fourth-order valence-electron chi connectivity index (χ4n) is 2.92. The molecule has 1 aliphatic rings. The second-order valence-electron chi connectivity index (χ2n) is 7.07. The Morgan fingerprint density at radius 2 is 2.03 bits per heavy atom. The number of aliphatic imine (C=N–C) groups is 1. The number of nitrogens with one attached hydrogen (secondary N) is 1. The van der Waals surface area contributed by atoms with E-state index in [9.17, 15) is 9.18 Å². The highest BCUT2D eigenvalue weighted by Gasteiger charge is 2.34. The summed E-state index contributed by atoms with van der Waals surface area (Å²) in [6, 6.07) is 11.5. The van der Waals surface area contributed by atoms with Crippen LogP contribution in [0.5, 0.6) is 5.75 Å². The first-order valence-corrected chi connectivity index (χ1v) is 10.0. The average molecular weight is 451 g/mol. The summed E-state index contributed by atoms with van der Waals surface area (Å²) in [6.07, 6.45) is 0.975. The lowest BCUT2D eigenvalue weighted by Gasteiger charge is -2.24. The van der Waals surface area contributed by atoms with Gasteiger partial charge in [0.05, 0.1) is 11.6 Å². The summed E-state index contributed by atoms with van der Waals surface area (Å²) in [7, 11) is 0. The molecular formula is C22H21Cl2FN2O3. The van der Waals surface area contributed by atoms with Crippen LogP contribution in [0, 0.1) is 5.82 Å². The van der Waals surface area contributed by atoms with Gasteiger partial charge in [0, 0.05) is 23.2 Å². The summed E-state index contributed by atoms with van der Waals surface area (Å²) in [4.78, 5) is 16.5. The van der Waals surface area contributed by atoms with Crippen LogP contribution in [0.1, 0.15) is 25.3 Å². The first-order valence-electron chi connectivity index (χ1n) is 9.29. The zero-order valence-corrected chi connectivity index (χ0v) is 17.9. The zero-order chi connectivity index (χ0) is 21.7. The second kappa shape index (κ2) is 9.49. The van der Waals surface area contributed by atoms with E-state index < -0.39 is 17.3 Å². The lowest BCUT2D eigenvalue weighted by molar-refractivity contribution is -0.122. The van der Waals surface area contributed by atoms with Crippen LogP contribution >= 0.6 is 23.2 Å². The SMILES string of the molecule is C=C(CCC1=NCC(C)(c2ccc(Cl)cc2)O1)NC(=O)COc1ccc(Cl)c(F)c1. The van der Waals surface area contributed by atoms with Gasteiger partial charge in [-0.05, 0) is 43.2 Å². The van der Waals surface area contributed by atoms with Crippen molar-refractivity contribution in [2.45, 2.75) is 25.4 Å². The van der Waals surface area contributed by atoms with E-state index in [1.165, 1.54) is 12.1 Å². The molecule has 0 saturated heterocycles. The van der Waals surface area contributed by atoms with E-state index >= 15 is 0 Å². The molecule has 8 heteroatoms. The monoisotopic (exact) mass is 450 g/mol. The molecule has 1 unspecified atom stereocenters. The van der Waals surface area contributed by atoms with E-state index in [1.54, 1.807) is 0 Å². The predicted molar refractivity (Wildman–Crippen MR) is 116 cm³/mol. The maximum atomic E-state index is 13.4. The van der Waals surface area contributed by atoms with Crippen molar-refractivity contribution in [1.29, 1.82) is 0 Å². The number of benzene rings is 2. The first-order chi connectivity index (χ1) is 14.2. The maximum absolute atomic E-state index is 13.4. The van der Waals surface area contributed by atoms with E-state index in [1.807, 2.05) is 31.2 Å². The normalized spacial score (nSPS) is 17.8. The summed E-state index contributed by atoms with van der Waals surface area (Å²) in [5.41, 5.74) is 0.970. The van der Waals surface area contributed by atoms with Crippen molar-refractivity contribution in [3.05, 3.63) is 76.2 Å². The quantitative estimate of drug-likeness (QED) is 0.595. The minimum Gasteiger partial charge on any atom is -0.484 e. The summed E-state index contributed by atoms with van der Waals surface area (Å²) in [6.45, 7) is 6.06. The van der Waals surface area contributed by atoms with Crippen LogP contribution in [-0.2, 0) is 15.1 Å². The second-order valence-corrected chi connectivity index (χ2v) is 7.91. The molecule has 2 aromatic carbocycles. The van der Waals surface area contributed by atoms with Crippen molar-refractivity contribution >= 4 is 35.0 Å². The van der Waals surface area contributed by atoms with Gasteiger partial charge in [-0.3, -0.25) is 9.79 Å². The maximum Gasteiger partial charge on any atom is 0.262 e. The number of ether oxygens (including phenoxy) is 2. The summed E-state index contributed by atoms with van der Waals surface area (Å²) in [5, 5.41) is 3.31. The molecule has 158 valence electrons. The molecule has 0 aliphatic carbocycles. The number of carbonyl (C=O) groups is 1. The Labute approximate surface area is 184 Å². The highest BCUT2D eigenvalue weighted by molar-refractivity contribution is 6.30. The third kappa shape index (κ3) is 5.74. The van der Waals surface area contributed by atoms with Crippen molar-refractivity contribution in [3.63, 3.8) is 0 Å². The largest absolute Gasteiger partial charge is 0.484 e. The van der Waals surface area contributed by atoms with Crippen LogP contribution < -0.4 is 10.1 Å². The smallest absolute Gasteiger partial charge is 0.262 e. The third-order valence-corrected chi connectivity index (χ3v) is 5.13. The van der Waals surface area contributed by atoms with Gasteiger partial charge in [0.15, 0.2) is 18.1 Å². The van der Waals surface area contributed by atoms with E-state index in [2.05, 4.69) is 16.9 Å². The van der Waals surface area contributed by atoms with Crippen molar-refractivity contribution in [1.82, 2.24) is 5.32 Å². The highest BCUT2D eigenvalue weighted by Crippen LogP contribution is 2.32. The number of hydrogen-bond acceptors (Lipinski definition) is 4. The molecular weight excluding hydrogens is 430 g/mol. The molecule has 0 fully saturated rings. The molecule has 1 heterocycles. The molecule has 2 aromatic rings. The van der Waals surface area contributed by atoms with Crippen LogP contribution in [0.15, 0.2) is 59.7 Å². The van der Waals surface area contributed by atoms with Crippen molar-refractivity contribution in [2.75, 3.05) is 13.2 Å². The van der Waals surface area contributed by atoms with Gasteiger partial charge in [-0.25, -0.2) is 4.39 Å². The molecule has 1 aliphatic heterocycles. The Balaban J connectivity index is 1.41. The number of hydrogen-bond donors (Lipinski definition) is 1. The van der Waals surface area contributed by atoms with Crippen molar-refractivity contribution in [2.24, 2.45) is 4.99 Å². The van der Waals surface area contributed by atoms with Crippen molar-refractivity contribution in [3.8, 4) is 5.75 Å². The molecule has 1 amide bonds.